The van der Waals surface area contributed by atoms with Gasteiger partial charge < -0.3 is 10.6 Å². The SMILES string of the molecule is CCN(CC)C(=O)c1cccc(N=C(N)CCl)c1. The molecule has 0 aliphatic heterocycles. The van der Waals surface area contributed by atoms with Crippen molar-refractivity contribution in [1.29, 1.82) is 0 Å². The average molecular weight is 268 g/mol. The van der Waals surface area contributed by atoms with Crippen LogP contribution in [0.5, 0.6) is 0 Å². The summed E-state index contributed by atoms with van der Waals surface area (Å²) in [5, 5.41) is 0. The van der Waals surface area contributed by atoms with E-state index in [-0.39, 0.29) is 11.8 Å². The van der Waals surface area contributed by atoms with E-state index in [9.17, 15) is 4.79 Å². The summed E-state index contributed by atoms with van der Waals surface area (Å²) in [6.07, 6.45) is 0. The molecule has 0 heterocycles. The molecule has 0 fully saturated rings. The molecule has 98 valence electrons. The molecule has 4 nitrogen and oxygen atoms in total. The highest BCUT2D eigenvalue weighted by Gasteiger charge is 2.12. The maximum atomic E-state index is 12.1. The van der Waals surface area contributed by atoms with Gasteiger partial charge in [-0.2, -0.15) is 0 Å². The number of carbonyl (C=O) groups is 1. The van der Waals surface area contributed by atoms with Crippen molar-refractivity contribution >= 4 is 29.0 Å². The summed E-state index contributed by atoms with van der Waals surface area (Å²) < 4.78 is 0. The number of amides is 1. The first kappa shape index (κ1) is 14.5. The van der Waals surface area contributed by atoms with E-state index in [0.717, 1.165) is 0 Å². The van der Waals surface area contributed by atoms with Crippen molar-refractivity contribution in [2.75, 3.05) is 19.0 Å². The molecule has 18 heavy (non-hydrogen) atoms. The highest BCUT2D eigenvalue weighted by Crippen LogP contribution is 2.15. The van der Waals surface area contributed by atoms with E-state index in [0.29, 0.717) is 30.2 Å². The van der Waals surface area contributed by atoms with E-state index >= 15 is 0 Å². The van der Waals surface area contributed by atoms with Gasteiger partial charge >= 0.3 is 0 Å². The topological polar surface area (TPSA) is 58.7 Å². The van der Waals surface area contributed by atoms with E-state index in [4.69, 9.17) is 17.3 Å². The summed E-state index contributed by atoms with van der Waals surface area (Å²) in [5.74, 6) is 0.513. The molecule has 2 N–H and O–H groups in total. The minimum Gasteiger partial charge on any atom is -0.386 e. The Morgan fingerprint density at radius 1 is 1.39 bits per heavy atom. The summed E-state index contributed by atoms with van der Waals surface area (Å²) in [5.41, 5.74) is 6.82. The van der Waals surface area contributed by atoms with Gasteiger partial charge in [-0.15, -0.1) is 11.6 Å². The summed E-state index contributed by atoms with van der Waals surface area (Å²) in [6.45, 7) is 5.28. The number of aliphatic imine (C=N–C) groups is 1. The van der Waals surface area contributed by atoms with Gasteiger partial charge in [0.25, 0.3) is 5.91 Å². The first-order chi connectivity index (χ1) is 8.62. The van der Waals surface area contributed by atoms with Crippen LogP contribution in [0.15, 0.2) is 29.3 Å². The molecule has 0 saturated heterocycles. The number of halogens is 1. The van der Waals surface area contributed by atoms with Crippen molar-refractivity contribution < 1.29 is 4.79 Å². The summed E-state index contributed by atoms with van der Waals surface area (Å²) in [7, 11) is 0. The lowest BCUT2D eigenvalue weighted by Gasteiger charge is -2.18. The van der Waals surface area contributed by atoms with Crippen LogP contribution in [0.1, 0.15) is 24.2 Å². The minimum absolute atomic E-state index is 0.00138. The zero-order valence-corrected chi connectivity index (χ0v) is 11.4. The van der Waals surface area contributed by atoms with Crippen LogP contribution in [0.25, 0.3) is 0 Å². The van der Waals surface area contributed by atoms with Gasteiger partial charge in [0.15, 0.2) is 0 Å². The first-order valence-electron chi connectivity index (χ1n) is 5.90. The van der Waals surface area contributed by atoms with E-state index in [2.05, 4.69) is 4.99 Å². The number of hydrogen-bond acceptors (Lipinski definition) is 2. The molecular weight excluding hydrogens is 250 g/mol. The van der Waals surface area contributed by atoms with Gasteiger partial charge in [0.05, 0.1) is 11.6 Å². The lowest BCUT2D eigenvalue weighted by molar-refractivity contribution is 0.0773. The zero-order chi connectivity index (χ0) is 13.5. The quantitative estimate of drug-likeness (QED) is 0.506. The molecule has 5 heteroatoms. The highest BCUT2D eigenvalue weighted by atomic mass is 35.5. The van der Waals surface area contributed by atoms with Crippen LogP contribution in [-0.2, 0) is 0 Å². The summed E-state index contributed by atoms with van der Waals surface area (Å²) in [6, 6.07) is 7.08. The van der Waals surface area contributed by atoms with Gasteiger partial charge in [-0.1, -0.05) is 6.07 Å². The summed E-state index contributed by atoms with van der Waals surface area (Å²) >= 11 is 5.57. The second-order valence-electron chi connectivity index (χ2n) is 3.76. The van der Waals surface area contributed by atoms with Gasteiger partial charge in [0.1, 0.15) is 5.84 Å². The van der Waals surface area contributed by atoms with Crippen LogP contribution in [0.3, 0.4) is 0 Å². The highest BCUT2D eigenvalue weighted by molar-refractivity contribution is 6.28. The zero-order valence-electron chi connectivity index (χ0n) is 10.7. The molecule has 1 aromatic carbocycles. The van der Waals surface area contributed by atoms with E-state index < -0.39 is 0 Å². The molecule has 1 amide bonds. The van der Waals surface area contributed by atoms with Crippen molar-refractivity contribution in [3.05, 3.63) is 29.8 Å². The first-order valence-corrected chi connectivity index (χ1v) is 6.44. The smallest absolute Gasteiger partial charge is 0.253 e. The second kappa shape index (κ2) is 7.01. The molecule has 0 aliphatic carbocycles. The maximum absolute atomic E-state index is 12.1. The predicted molar refractivity (Wildman–Crippen MR) is 75.7 cm³/mol. The van der Waals surface area contributed by atoms with E-state index in [1.54, 1.807) is 29.2 Å². The third kappa shape index (κ3) is 3.74. The molecule has 1 aromatic rings. The van der Waals surface area contributed by atoms with Crippen LogP contribution >= 0.6 is 11.6 Å². The largest absolute Gasteiger partial charge is 0.386 e. The van der Waals surface area contributed by atoms with Crippen LogP contribution in [-0.4, -0.2) is 35.6 Å². The monoisotopic (exact) mass is 267 g/mol. The molecule has 0 radical (unpaired) electrons. The normalized spacial score (nSPS) is 11.4. The van der Waals surface area contributed by atoms with Gasteiger partial charge in [0, 0.05) is 18.7 Å². The van der Waals surface area contributed by atoms with E-state index in [1.807, 2.05) is 13.8 Å². The molecule has 0 spiro atoms. The van der Waals surface area contributed by atoms with Crippen molar-refractivity contribution in [3.63, 3.8) is 0 Å². The Labute approximate surface area is 112 Å². The number of hydrogen-bond donors (Lipinski definition) is 1. The van der Waals surface area contributed by atoms with Crippen molar-refractivity contribution in [2.45, 2.75) is 13.8 Å². The number of nitrogens with zero attached hydrogens (tertiary/aromatic N) is 2. The van der Waals surface area contributed by atoms with Crippen molar-refractivity contribution in [3.8, 4) is 0 Å². The number of nitrogens with two attached hydrogens (primary N) is 1. The molecule has 1 rings (SSSR count). The van der Waals surface area contributed by atoms with Crippen molar-refractivity contribution in [1.82, 2.24) is 4.90 Å². The Balaban J connectivity index is 2.98. The number of alkyl halides is 1. The third-order valence-electron chi connectivity index (χ3n) is 2.55. The Kier molecular flexibility index (Phi) is 5.65. The predicted octanol–water partition coefficient (Wildman–Crippen LogP) is 2.40. The van der Waals surface area contributed by atoms with Gasteiger partial charge in [0.2, 0.25) is 0 Å². The van der Waals surface area contributed by atoms with E-state index in [1.165, 1.54) is 0 Å². The van der Waals surface area contributed by atoms with Gasteiger partial charge in [-0.3, -0.25) is 4.79 Å². The molecule has 0 saturated carbocycles. The number of rotatable bonds is 5. The van der Waals surface area contributed by atoms with Crippen LogP contribution in [0.2, 0.25) is 0 Å². The lowest BCUT2D eigenvalue weighted by Crippen LogP contribution is -2.30. The molecule has 0 bridgehead atoms. The van der Waals surface area contributed by atoms with Crippen LogP contribution in [0, 0.1) is 0 Å². The third-order valence-corrected chi connectivity index (χ3v) is 2.83. The molecule has 0 unspecified atom stereocenters. The average Bonchev–Trinajstić information content (AvgIpc) is 2.40. The lowest BCUT2D eigenvalue weighted by atomic mass is 10.1. The Bertz CT molecular complexity index is 442. The molecule has 0 aromatic heterocycles. The number of benzene rings is 1. The van der Waals surface area contributed by atoms with Crippen LogP contribution in [0.4, 0.5) is 5.69 Å². The van der Waals surface area contributed by atoms with Gasteiger partial charge in [-0.05, 0) is 32.0 Å². The Morgan fingerprint density at radius 2 is 2.06 bits per heavy atom. The fourth-order valence-corrected chi connectivity index (χ4v) is 1.66. The fourth-order valence-electron chi connectivity index (χ4n) is 1.60. The molecular formula is C13H18ClN3O. The number of amidine groups is 1. The Hall–Kier alpha value is -1.55. The fraction of sp³-hybridized carbons (Fsp3) is 0.385. The van der Waals surface area contributed by atoms with Crippen molar-refractivity contribution in [2.24, 2.45) is 10.7 Å². The second-order valence-corrected chi connectivity index (χ2v) is 4.03. The molecule has 0 aliphatic rings. The standard InChI is InChI=1S/C13H18ClN3O/c1-3-17(4-2)13(18)10-6-5-7-11(8-10)16-12(15)9-14/h5-8H,3-4,9H2,1-2H3,(H2,15,16). The Morgan fingerprint density at radius 3 is 2.61 bits per heavy atom. The molecule has 0 atom stereocenters. The summed E-state index contributed by atoms with van der Waals surface area (Å²) in [4.78, 5) is 18.0. The number of carbonyl (C=O) groups excluding carboxylic acids is 1. The minimum atomic E-state index is 0.00138. The van der Waals surface area contributed by atoms with Gasteiger partial charge in [-0.25, -0.2) is 4.99 Å². The maximum Gasteiger partial charge on any atom is 0.253 e. The van der Waals surface area contributed by atoms with Crippen LogP contribution < -0.4 is 5.73 Å².